The first-order chi connectivity index (χ1) is 14.5. The normalized spacial score (nSPS) is 16.2. The van der Waals surface area contributed by atoms with Crippen molar-refractivity contribution in [1.29, 1.82) is 0 Å². The van der Waals surface area contributed by atoms with E-state index in [0.717, 1.165) is 54.2 Å². The van der Waals surface area contributed by atoms with Gasteiger partial charge in [0.2, 0.25) is 11.8 Å². The van der Waals surface area contributed by atoms with Crippen molar-refractivity contribution < 1.29 is 14.3 Å². The zero-order valence-corrected chi connectivity index (χ0v) is 18.5. The van der Waals surface area contributed by atoms with Crippen molar-refractivity contribution in [2.75, 3.05) is 31.3 Å². The number of carbonyl (C=O) groups excluding carboxylic acids is 2. The molecule has 1 heterocycles. The number of piperidine rings is 1. The highest BCUT2D eigenvalue weighted by Crippen LogP contribution is 2.25. The molecule has 1 aliphatic heterocycles. The zero-order valence-electron chi connectivity index (χ0n) is 17.7. The van der Waals surface area contributed by atoms with Gasteiger partial charge in [0, 0.05) is 30.1 Å². The summed E-state index contributed by atoms with van der Waals surface area (Å²) in [6, 6.07) is 15.6. The van der Waals surface area contributed by atoms with Crippen molar-refractivity contribution in [1.82, 2.24) is 4.90 Å². The van der Waals surface area contributed by atoms with Gasteiger partial charge in [0.25, 0.3) is 0 Å². The monoisotopic (exact) mass is 426 g/mol. The molecule has 1 fully saturated rings. The van der Waals surface area contributed by atoms with E-state index in [0.29, 0.717) is 18.1 Å². The minimum atomic E-state index is 0.0198. The number of ether oxygens (including phenoxy) is 1. The van der Waals surface area contributed by atoms with Gasteiger partial charge in [0.05, 0.1) is 12.9 Å². The van der Waals surface area contributed by atoms with Crippen molar-refractivity contribution in [2.45, 2.75) is 37.5 Å². The maximum atomic E-state index is 12.6. The zero-order chi connectivity index (χ0) is 21.3. The van der Waals surface area contributed by atoms with Crippen LogP contribution in [0.5, 0.6) is 5.75 Å². The number of nitrogens with one attached hydrogen (secondary N) is 1. The number of methoxy groups -OCH3 is 1. The van der Waals surface area contributed by atoms with Crippen LogP contribution in [-0.4, -0.2) is 42.7 Å². The first-order valence-electron chi connectivity index (χ1n) is 10.5. The van der Waals surface area contributed by atoms with Crippen LogP contribution >= 0.6 is 11.8 Å². The molecule has 2 aromatic carbocycles. The van der Waals surface area contributed by atoms with E-state index in [1.54, 1.807) is 18.9 Å². The van der Waals surface area contributed by atoms with Gasteiger partial charge in [-0.15, -0.1) is 11.8 Å². The Morgan fingerprint density at radius 1 is 1.20 bits per heavy atom. The van der Waals surface area contributed by atoms with Crippen LogP contribution in [0.4, 0.5) is 5.69 Å². The Balaban J connectivity index is 1.43. The Labute approximate surface area is 183 Å². The van der Waals surface area contributed by atoms with Crippen LogP contribution in [0.2, 0.25) is 0 Å². The van der Waals surface area contributed by atoms with Gasteiger partial charge in [-0.1, -0.05) is 18.2 Å². The van der Waals surface area contributed by atoms with E-state index in [2.05, 4.69) is 5.32 Å². The maximum absolute atomic E-state index is 12.6. The molecule has 0 aliphatic carbocycles. The number of aryl methyl sites for hydroxylation is 1. The number of hydrogen-bond donors (Lipinski definition) is 1. The van der Waals surface area contributed by atoms with Gasteiger partial charge in [-0.05, 0) is 68.0 Å². The lowest BCUT2D eigenvalue weighted by atomic mass is 9.93. The number of anilines is 1. The van der Waals surface area contributed by atoms with E-state index in [9.17, 15) is 9.59 Å². The fraction of sp³-hybridized carbons (Fsp3) is 0.417. The standard InChI is InChI=1S/C24H30N2O3S/c1-18-15-20(29-2)11-12-22(18)25-23(27)13-10-19-7-6-14-26(16-19)24(28)17-30-21-8-4-3-5-9-21/h3-5,8-9,11-12,15,19H,6-7,10,13-14,16-17H2,1-2H3,(H,25,27)/t19-/m1/s1. The summed E-state index contributed by atoms with van der Waals surface area (Å²) in [6.07, 6.45) is 3.35. The first-order valence-corrected chi connectivity index (χ1v) is 11.4. The molecular weight excluding hydrogens is 396 g/mol. The third-order valence-corrected chi connectivity index (χ3v) is 6.46. The summed E-state index contributed by atoms with van der Waals surface area (Å²) < 4.78 is 5.21. The van der Waals surface area contributed by atoms with Crippen LogP contribution < -0.4 is 10.1 Å². The van der Waals surface area contributed by atoms with E-state index in [-0.39, 0.29) is 11.8 Å². The third kappa shape index (κ3) is 6.52. The number of thioether (sulfide) groups is 1. The van der Waals surface area contributed by atoms with Crippen molar-refractivity contribution >= 4 is 29.3 Å². The van der Waals surface area contributed by atoms with Crippen LogP contribution in [0.25, 0.3) is 0 Å². The van der Waals surface area contributed by atoms with Crippen LogP contribution in [0.1, 0.15) is 31.2 Å². The van der Waals surface area contributed by atoms with Crippen LogP contribution in [-0.2, 0) is 9.59 Å². The lowest BCUT2D eigenvalue weighted by Crippen LogP contribution is -2.41. The molecule has 2 aromatic rings. The molecule has 2 amide bonds. The molecule has 0 spiro atoms. The number of likely N-dealkylation sites (tertiary alicyclic amines) is 1. The van der Waals surface area contributed by atoms with E-state index in [4.69, 9.17) is 4.74 Å². The van der Waals surface area contributed by atoms with E-state index >= 15 is 0 Å². The molecule has 0 radical (unpaired) electrons. The topological polar surface area (TPSA) is 58.6 Å². The van der Waals surface area contributed by atoms with Gasteiger partial charge < -0.3 is 15.0 Å². The van der Waals surface area contributed by atoms with Crippen LogP contribution in [0, 0.1) is 12.8 Å². The molecular formula is C24H30N2O3S. The van der Waals surface area contributed by atoms with Gasteiger partial charge in [-0.25, -0.2) is 0 Å². The minimum Gasteiger partial charge on any atom is -0.497 e. The maximum Gasteiger partial charge on any atom is 0.232 e. The Kier molecular flexibility index (Phi) is 8.20. The van der Waals surface area contributed by atoms with E-state index in [1.165, 1.54) is 0 Å². The van der Waals surface area contributed by atoms with Crippen LogP contribution in [0.15, 0.2) is 53.4 Å². The summed E-state index contributed by atoms with van der Waals surface area (Å²) in [5.74, 6) is 1.83. The quantitative estimate of drug-likeness (QED) is 0.619. The highest BCUT2D eigenvalue weighted by Gasteiger charge is 2.24. The molecule has 1 atom stereocenters. The predicted octanol–water partition coefficient (Wildman–Crippen LogP) is 4.75. The van der Waals surface area contributed by atoms with Crippen LogP contribution in [0.3, 0.4) is 0 Å². The van der Waals surface area contributed by atoms with Gasteiger partial charge in [-0.2, -0.15) is 0 Å². The summed E-state index contributed by atoms with van der Waals surface area (Å²) in [5.41, 5.74) is 1.80. The van der Waals surface area contributed by atoms with Gasteiger partial charge in [-0.3, -0.25) is 9.59 Å². The van der Waals surface area contributed by atoms with Crippen molar-refractivity contribution in [3.8, 4) is 5.75 Å². The van der Waals surface area contributed by atoms with Crippen molar-refractivity contribution in [3.05, 3.63) is 54.1 Å². The number of nitrogens with zero attached hydrogens (tertiary/aromatic N) is 1. The molecule has 1 aliphatic rings. The molecule has 6 heteroatoms. The summed E-state index contributed by atoms with van der Waals surface area (Å²) in [5, 5.41) is 3.00. The smallest absolute Gasteiger partial charge is 0.232 e. The highest BCUT2D eigenvalue weighted by atomic mass is 32.2. The molecule has 0 saturated carbocycles. The average Bonchev–Trinajstić information content (AvgIpc) is 2.78. The summed E-state index contributed by atoms with van der Waals surface area (Å²) >= 11 is 1.58. The minimum absolute atomic E-state index is 0.0198. The van der Waals surface area contributed by atoms with Gasteiger partial charge >= 0.3 is 0 Å². The largest absolute Gasteiger partial charge is 0.497 e. The van der Waals surface area contributed by atoms with Crippen molar-refractivity contribution in [2.24, 2.45) is 5.92 Å². The lowest BCUT2D eigenvalue weighted by Gasteiger charge is -2.32. The molecule has 3 rings (SSSR count). The third-order valence-electron chi connectivity index (χ3n) is 5.46. The average molecular weight is 427 g/mol. The molecule has 0 unspecified atom stereocenters. The van der Waals surface area contributed by atoms with Gasteiger partial charge in [0.15, 0.2) is 0 Å². The SMILES string of the molecule is COc1ccc(NC(=O)CC[C@H]2CCCN(C(=O)CSc3ccccc3)C2)c(C)c1. The predicted molar refractivity (Wildman–Crippen MR) is 122 cm³/mol. The summed E-state index contributed by atoms with van der Waals surface area (Å²) in [7, 11) is 1.63. The molecule has 5 nitrogen and oxygen atoms in total. The number of hydrogen-bond acceptors (Lipinski definition) is 4. The lowest BCUT2D eigenvalue weighted by molar-refractivity contribution is -0.130. The molecule has 1 saturated heterocycles. The van der Waals surface area contributed by atoms with E-state index < -0.39 is 0 Å². The highest BCUT2D eigenvalue weighted by molar-refractivity contribution is 8.00. The molecule has 1 N–H and O–H groups in total. The second-order valence-corrected chi connectivity index (χ2v) is 8.77. The van der Waals surface area contributed by atoms with Crippen molar-refractivity contribution in [3.63, 3.8) is 0 Å². The molecule has 160 valence electrons. The Hall–Kier alpha value is -2.47. The molecule has 30 heavy (non-hydrogen) atoms. The number of rotatable bonds is 8. The Morgan fingerprint density at radius 2 is 2.00 bits per heavy atom. The molecule has 0 aromatic heterocycles. The first kappa shape index (κ1) is 22.2. The second-order valence-electron chi connectivity index (χ2n) is 7.72. The number of carbonyl (C=O) groups is 2. The number of amides is 2. The molecule has 0 bridgehead atoms. The second kappa shape index (κ2) is 11.1. The summed E-state index contributed by atoms with van der Waals surface area (Å²) in [6.45, 7) is 3.53. The fourth-order valence-electron chi connectivity index (χ4n) is 3.73. The summed E-state index contributed by atoms with van der Waals surface area (Å²) in [4.78, 5) is 28.1. The Bertz CT molecular complexity index is 857. The fourth-order valence-corrected chi connectivity index (χ4v) is 4.55. The Morgan fingerprint density at radius 3 is 2.73 bits per heavy atom. The van der Waals surface area contributed by atoms with Gasteiger partial charge in [0.1, 0.15) is 5.75 Å². The number of benzene rings is 2. The van der Waals surface area contributed by atoms with E-state index in [1.807, 2.05) is 60.4 Å².